The van der Waals surface area contributed by atoms with Crippen LogP contribution in [0.3, 0.4) is 0 Å². The molecule has 1 fully saturated rings. The topological polar surface area (TPSA) is 70.8 Å². The molecule has 0 saturated carbocycles. The quantitative estimate of drug-likeness (QED) is 0.850. The molecule has 1 amide bonds. The maximum Gasteiger partial charge on any atom is 0.275 e. The Morgan fingerprint density at radius 3 is 2.73 bits per heavy atom. The van der Waals surface area contributed by atoms with Gasteiger partial charge in [-0.3, -0.25) is 4.79 Å². The molecule has 1 aliphatic rings. The van der Waals surface area contributed by atoms with E-state index >= 15 is 0 Å². The summed E-state index contributed by atoms with van der Waals surface area (Å²) in [5.41, 5.74) is 0.306. The van der Waals surface area contributed by atoms with Crippen molar-refractivity contribution in [3.8, 4) is 0 Å². The van der Waals surface area contributed by atoms with Crippen LogP contribution in [0.2, 0.25) is 0 Å². The van der Waals surface area contributed by atoms with Gasteiger partial charge in [-0.05, 0) is 19.3 Å². The molecule has 1 atom stereocenters. The van der Waals surface area contributed by atoms with Gasteiger partial charge in [-0.2, -0.15) is 0 Å². The molecule has 1 saturated heterocycles. The van der Waals surface area contributed by atoms with Crippen LogP contribution in [-0.2, 0) is 10.0 Å². The molecule has 22 heavy (non-hydrogen) atoms. The molecule has 0 spiro atoms. The van der Waals surface area contributed by atoms with Gasteiger partial charge >= 0.3 is 0 Å². The molecule has 7 heteroatoms. The SMILES string of the molecule is CCC1CCCCCN1C(=O)c1coc(S(=O)(=O)N(C)C)c1. The van der Waals surface area contributed by atoms with Crippen molar-refractivity contribution in [3.05, 3.63) is 17.9 Å². The number of carbonyl (C=O) groups excluding carboxylic acids is 1. The minimum atomic E-state index is -3.65. The molecular weight excluding hydrogens is 304 g/mol. The van der Waals surface area contributed by atoms with Crippen LogP contribution < -0.4 is 0 Å². The van der Waals surface area contributed by atoms with Gasteiger partial charge in [0.15, 0.2) is 0 Å². The molecule has 0 radical (unpaired) electrons. The molecule has 1 unspecified atom stereocenters. The first-order valence-corrected chi connectivity index (χ1v) is 9.14. The summed E-state index contributed by atoms with van der Waals surface area (Å²) in [5.74, 6) is -0.141. The van der Waals surface area contributed by atoms with Crippen LogP contribution >= 0.6 is 0 Å². The van der Waals surface area contributed by atoms with E-state index in [-0.39, 0.29) is 17.0 Å². The molecule has 124 valence electrons. The average molecular weight is 328 g/mol. The largest absolute Gasteiger partial charge is 0.451 e. The van der Waals surface area contributed by atoms with Crippen LogP contribution in [-0.4, -0.2) is 50.2 Å². The Bertz CT molecular complexity index is 621. The molecular formula is C15H24N2O4S. The summed E-state index contributed by atoms with van der Waals surface area (Å²) in [6.45, 7) is 2.80. The zero-order valence-electron chi connectivity index (χ0n) is 13.4. The second-order valence-electron chi connectivity index (χ2n) is 5.85. The van der Waals surface area contributed by atoms with Gasteiger partial charge in [0.05, 0.1) is 5.56 Å². The molecule has 2 heterocycles. The molecule has 0 bridgehead atoms. The van der Waals surface area contributed by atoms with Crippen molar-refractivity contribution in [2.24, 2.45) is 0 Å². The number of rotatable bonds is 4. The van der Waals surface area contributed by atoms with Gasteiger partial charge in [0.1, 0.15) is 6.26 Å². The summed E-state index contributed by atoms with van der Waals surface area (Å²) < 4.78 is 30.2. The van der Waals surface area contributed by atoms with Crippen molar-refractivity contribution in [3.63, 3.8) is 0 Å². The Hall–Kier alpha value is -1.34. The van der Waals surface area contributed by atoms with E-state index in [1.165, 1.54) is 26.4 Å². The molecule has 6 nitrogen and oxygen atoms in total. The number of sulfonamides is 1. The fraction of sp³-hybridized carbons (Fsp3) is 0.667. The van der Waals surface area contributed by atoms with Gasteiger partial charge < -0.3 is 9.32 Å². The summed E-state index contributed by atoms with van der Waals surface area (Å²) in [6, 6.07) is 1.55. The predicted octanol–water partition coefficient (Wildman–Crippen LogP) is 2.32. The van der Waals surface area contributed by atoms with Crippen LogP contribution in [0.15, 0.2) is 21.8 Å². The highest BCUT2D eigenvalue weighted by Gasteiger charge is 2.28. The first-order valence-electron chi connectivity index (χ1n) is 7.70. The Morgan fingerprint density at radius 1 is 1.36 bits per heavy atom. The summed E-state index contributed by atoms with van der Waals surface area (Å²) in [5, 5.41) is -0.191. The van der Waals surface area contributed by atoms with E-state index in [9.17, 15) is 13.2 Å². The van der Waals surface area contributed by atoms with Gasteiger partial charge in [0, 0.05) is 32.7 Å². The first kappa shape index (κ1) is 17.0. The summed E-state index contributed by atoms with van der Waals surface area (Å²) in [7, 11) is -0.787. The zero-order valence-corrected chi connectivity index (χ0v) is 14.2. The van der Waals surface area contributed by atoms with Crippen LogP contribution in [0.25, 0.3) is 0 Å². The summed E-state index contributed by atoms with van der Waals surface area (Å²) in [4.78, 5) is 14.6. The van der Waals surface area contributed by atoms with Crippen LogP contribution in [0, 0.1) is 0 Å². The second kappa shape index (κ2) is 6.83. The minimum absolute atomic E-state index is 0.141. The first-order chi connectivity index (χ1) is 10.4. The van der Waals surface area contributed by atoms with Crippen molar-refractivity contribution in [2.45, 2.75) is 50.2 Å². The van der Waals surface area contributed by atoms with Gasteiger partial charge in [-0.25, -0.2) is 12.7 Å². The Kier molecular flexibility index (Phi) is 5.28. The number of amides is 1. The van der Waals surface area contributed by atoms with Gasteiger partial charge in [-0.1, -0.05) is 19.8 Å². The maximum absolute atomic E-state index is 12.7. The lowest BCUT2D eigenvalue weighted by Crippen LogP contribution is -2.39. The zero-order chi connectivity index (χ0) is 16.3. The van der Waals surface area contributed by atoms with Crippen molar-refractivity contribution in [2.75, 3.05) is 20.6 Å². The van der Waals surface area contributed by atoms with Gasteiger partial charge in [-0.15, -0.1) is 0 Å². The van der Waals surface area contributed by atoms with E-state index in [0.29, 0.717) is 5.56 Å². The molecule has 0 aromatic carbocycles. The molecule has 1 aromatic heterocycles. The highest BCUT2D eigenvalue weighted by atomic mass is 32.2. The number of hydrogen-bond acceptors (Lipinski definition) is 4. The molecule has 1 aliphatic heterocycles. The number of furan rings is 1. The number of nitrogens with zero attached hydrogens (tertiary/aromatic N) is 2. The van der Waals surface area contributed by atoms with E-state index < -0.39 is 10.0 Å². The fourth-order valence-electron chi connectivity index (χ4n) is 2.78. The minimum Gasteiger partial charge on any atom is -0.451 e. The van der Waals surface area contributed by atoms with Crippen LogP contribution in [0.5, 0.6) is 0 Å². The highest BCUT2D eigenvalue weighted by Crippen LogP contribution is 2.23. The lowest BCUT2D eigenvalue weighted by molar-refractivity contribution is 0.0677. The monoisotopic (exact) mass is 328 g/mol. The van der Waals surface area contributed by atoms with E-state index in [4.69, 9.17) is 4.42 Å². The normalized spacial score (nSPS) is 20.2. The average Bonchev–Trinajstić information content (AvgIpc) is 2.86. The van der Waals surface area contributed by atoms with E-state index in [1.807, 2.05) is 4.90 Å². The summed E-state index contributed by atoms with van der Waals surface area (Å²) >= 11 is 0. The number of carbonyl (C=O) groups is 1. The standard InChI is InChI=1S/C15H24N2O4S/c1-4-13-8-6-5-7-9-17(13)15(18)12-10-14(21-11-12)22(19,20)16(2)3/h10-11,13H,4-9H2,1-3H3. The maximum atomic E-state index is 12.7. The summed E-state index contributed by atoms with van der Waals surface area (Å²) in [6.07, 6.45) is 6.41. The van der Waals surface area contributed by atoms with Crippen molar-refractivity contribution < 1.29 is 17.6 Å². The van der Waals surface area contributed by atoms with Crippen LogP contribution in [0.1, 0.15) is 49.4 Å². The molecule has 0 aliphatic carbocycles. The third-order valence-electron chi connectivity index (χ3n) is 4.17. The lowest BCUT2D eigenvalue weighted by atomic mass is 10.1. The molecule has 0 N–H and O–H groups in total. The van der Waals surface area contributed by atoms with Gasteiger partial charge in [0.25, 0.3) is 15.9 Å². The van der Waals surface area contributed by atoms with E-state index in [2.05, 4.69) is 6.92 Å². The fourth-order valence-corrected chi connectivity index (χ4v) is 3.58. The third kappa shape index (κ3) is 3.35. The second-order valence-corrected chi connectivity index (χ2v) is 7.93. The number of hydrogen-bond donors (Lipinski definition) is 0. The van der Waals surface area contributed by atoms with Crippen molar-refractivity contribution in [1.29, 1.82) is 0 Å². The van der Waals surface area contributed by atoms with E-state index in [1.54, 1.807) is 0 Å². The van der Waals surface area contributed by atoms with Crippen molar-refractivity contribution in [1.82, 2.24) is 9.21 Å². The predicted molar refractivity (Wildman–Crippen MR) is 83.2 cm³/mol. The Balaban J connectivity index is 2.24. The Labute approximate surface area is 132 Å². The Morgan fingerprint density at radius 2 is 2.09 bits per heavy atom. The van der Waals surface area contributed by atoms with Crippen molar-refractivity contribution >= 4 is 15.9 Å². The van der Waals surface area contributed by atoms with Gasteiger partial charge in [0.2, 0.25) is 5.09 Å². The lowest BCUT2D eigenvalue weighted by Gasteiger charge is -2.28. The van der Waals surface area contributed by atoms with E-state index in [0.717, 1.165) is 43.0 Å². The number of likely N-dealkylation sites (tertiary alicyclic amines) is 1. The molecule has 1 aromatic rings. The van der Waals surface area contributed by atoms with Crippen LogP contribution in [0.4, 0.5) is 0 Å². The molecule has 2 rings (SSSR count). The smallest absolute Gasteiger partial charge is 0.275 e. The highest BCUT2D eigenvalue weighted by molar-refractivity contribution is 7.88. The third-order valence-corrected chi connectivity index (χ3v) is 5.85.